The van der Waals surface area contributed by atoms with E-state index in [1.54, 1.807) is 0 Å². The molecule has 4 heteroatoms. The number of rotatable bonds is 4. The van der Waals surface area contributed by atoms with Gasteiger partial charge in [-0.3, -0.25) is 4.90 Å². The molecule has 1 saturated heterocycles. The molecule has 1 aliphatic heterocycles. The zero-order valence-corrected chi connectivity index (χ0v) is 9.07. The van der Waals surface area contributed by atoms with Crippen molar-refractivity contribution in [2.45, 2.75) is 32.0 Å². The number of aliphatic hydroxyl groups is 2. The van der Waals surface area contributed by atoms with Crippen molar-refractivity contribution >= 4 is 0 Å². The van der Waals surface area contributed by atoms with Gasteiger partial charge in [-0.25, -0.2) is 0 Å². The molecule has 0 aromatic heterocycles. The smallest absolute Gasteiger partial charge is 0.0940 e. The van der Waals surface area contributed by atoms with E-state index in [2.05, 4.69) is 4.90 Å². The van der Waals surface area contributed by atoms with Gasteiger partial charge in [-0.2, -0.15) is 0 Å². The largest absolute Gasteiger partial charge is 0.396 e. The normalized spacial score (nSPS) is 27.9. The van der Waals surface area contributed by atoms with Crippen LogP contribution in [0.3, 0.4) is 0 Å². The first-order valence-electron chi connectivity index (χ1n) is 5.19. The molecule has 0 aliphatic carbocycles. The maximum absolute atomic E-state index is 9.07. The maximum Gasteiger partial charge on any atom is 0.0940 e. The van der Waals surface area contributed by atoms with E-state index in [1.807, 2.05) is 13.8 Å². The Balaban J connectivity index is 2.43. The molecule has 14 heavy (non-hydrogen) atoms. The number of morpholine rings is 1. The average Bonchev–Trinajstić information content (AvgIpc) is 2.12. The molecule has 0 bridgehead atoms. The fraction of sp³-hybridized carbons (Fsp3) is 1.00. The molecular formula is C10H21NO3. The van der Waals surface area contributed by atoms with Gasteiger partial charge in [0, 0.05) is 26.2 Å². The van der Waals surface area contributed by atoms with E-state index < -0.39 is 0 Å². The van der Waals surface area contributed by atoms with Gasteiger partial charge >= 0.3 is 0 Å². The summed E-state index contributed by atoms with van der Waals surface area (Å²) in [5, 5.41) is 17.8. The van der Waals surface area contributed by atoms with Crippen molar-refractivity contribution in [2.24, 2.45) is 0 Å². The van der Waals surface area contributed by atoms with Crippen LogP contribution in [0.1, 0.15) is 20.3 Å². The molecule has 0 aromatic carbocycles. The lowest BCUT2D eigenvalue weighted by atomic mass is 10.1. The van der Waals surface area contributed by atoms with Crippen LogP contribution in [0.4, 0.5) is 0 Å². The number of hydrogen-bond acceptors (Lipinski definition) is 4. The first-order chi connectivity index (χ1) is 6.57. The molecule has 0 radical (unpaired) electrons. The Kier molecular flexibility index (Phi) is 4.31. The Morgan fingerprint density at radius 2 is 2.14 bits per heavy atom. The Labute approximate surface area is 85.5 Å². The third-order valence-electron chi connectivity index (χ3n) is 2.39. The standard InChI is InChI=1S/C10H21NO3/c1-10(2)8-11(4-3-5-12)6-9(7-13)14-10/h9,12-13H,3-8H2,1-2H3. The Hall–Kier alpha value is -0.160. The van der Waals surface area contributed by atoms with Crippen molar-refractivity contribution < 1.29 is 14.9 Å². The molecule has 2 N–H and O–H groups in total. The van der Waals surface area contributed by atoms with Crippen LogP contribution >= 0.6 is 0 Å². The van der Waals surface area contributed by atoms with E-state index in [0.717, 1.165) is 26.1 Å². The van der Waals surface area contributed by atoms with Gasteiger partial charge in [0.1, 0.15) is 0 Å². The van der Waals surface area contributed by atoms with Crippen LogP contribution in [-0.4, -0.2) is 59.7 Å². The lowest BCUT2D eigenvalue weighted by molar-refractivity contribution is -0.149. The van der Waals surface area contributed by atoms with Gasteiger partial charge in [-0.05, 0) is 20.3 Å². The minimum atomic E-state index is -0.193. The maximum atomic E-state index is 9.07. The summed E-state index contributed by atoms with van der Waals surface area (Å²) in [5.41, 5.74) is -0.193. The Bertz CT molecular complexity index is 173. The van der Waals surface area contributed by atoms with Crippen molar-refractivity contribution in [1.82, 2.24) is 4.90 Å². The highest BCUT2D eigenvalue weighted by Gasteiger charge is 2.32. The van der Waals surface area contributed by atoms with Gasteiger partial charge in [0.2, 0.25) is 0 Å². The van der Waals surface area contributed by atoms with Gasteiger partial charge in [0.15, 0.2) is 0 Å². The third-order valence-corrected chi connectivity index (χ3v) is 2.39. The minimum Gasteiger partial charge on any atom is -0.396 e. The van der Waals surface area contributed by atoms with Crippen LogP contribution in [0.2, 0.25) is 0 Å². The van der Waals surface area contributed by atoms with Crippen LogP contribution in [0.25, 0.3) is 0 Å². The molecular weight excluding hydrogens is 182 g/mol. The van der Waals surface area contributed by atoms with Crippen molar-refractivity contribution in [1.29, 1.82) is 0 Å². The topological polar surface area (TPSA) is 52.9 Å². The summed E-state index contributed by atoms with van der Waals surface area (Å²) in [4.78, 5) is 2.24. The number of hydrogen-bond donors (Lipinski definition) is 2. The summed E-state index contributed by atoms with van der Waals surface area (Å²) in [5.74, 6) is 0. The predicted molar refractivity (Wildman–Crippen MR) is 54.2 cm³/mol. The highest BCUT2D eigenvalue weighted by molar-refractivity contribution is 4.83. The van der Waals surface area contributed by atoms with Crippen LogP contribution in [0, 0.1) is 0 Å². The number of aliphatic hydroxyl groups excluding tert-OH is 2. The summed E-state index contributed by atoms with van der Waals surface area (Å²) in [7, 11) is 0. The van der Waals surface area contributed by atoms with Gasteiger partial charge in [0.05, 0.1) is 18.3 Å². The van der Waals surface area contributed by atoms with Crippen LogP contribution in [-0.2, 0) is 4.74 Å². The second kappa shape index (κ2) is 5.07. The highest BCUT2D eigenvalue weighted by Crippen LogP contribution is 2.20. The number of ether oxygens (including phenoxy) is 1. The van der Waals surface area contributed by atoms with Gasteiger partial charge < -0.3 is 14.9 Å². The molecule has 0 saturated carbocycles. The Morgan fingerprint density at radius 1 is 1.43 bits per heavy atom. The third kappa shape index (κ3) is 3.53. The van der Waals surface area contributed by atoms with E-state index in [0.29, 0.717) is 0 Å². The Morgan fingerprint density at radius 3 is 2.71 bits per heavy atom. The van der Waals surface area contributed by atoms with Gasteiger partial charge in [-0.1, -0.05) is 0 Å². The molecule has 84 valence electrons. The number of nitrogens with zero attached hydrogens (tertiary/aromatic N) is 1. The van der Waals surface area contributed by atoms with E-state index in [1.165, 1.54) is 0 Å². The lowest BCUT2D eigenvalue weighted by Crippen LogP contribution is -2.53. The molecule has 0 spiro atoms. The molecule has 0 aromatic rings. The summed E-state index contributed by atoms with van der Waals surface area (Å²) in [6.07, 6.45) is 0.700. The summed E-state index contributed by atoms with van der Waals surface area (Å²) in [6, 6.07) is 0. The summed E-state index contributed by atoms with van der Waals surface area (Å²) < 4.78 is 5.68. The molecule has 1 rings (SSSR count). The predicted octanol–water partition coefficient (Wildman–Crippen LogP) is -0.160. The second-order valence-corrected chi connectivity index (χ2v) is 4.49. The first kappa shape index (κ1) is 11.9. The molecule has 1 atom stereocenters. The SMILES string of the molecule is CC1(C)CN(CCCO)CC(CO)O1. The molecule has 1 fully saturated rings. The minimum absolute atomic E-state index is 0.0685. The first-order valence-corrected chi connectivity index (χ1v) is 5.19. The van der Waals surface area contributed by atoms with Crippen LogP contribution in [0.5, 0.6) is 0 Å². The quantitative estimate of drug-likeness (QED) is 0.666. The van der Waals surface area contributed by atoms with E-state index in [-0.39, 0.29) is 24.9 Å². The van der Waals surface area contributed by atoms with Crippen molar-refractivity contribution in [3.05, 3.63) is 0 Å². The fourth-order valence-corrected chi connectivity index (χ4v) is 1.98. The lowest BCUT2D eigenvalue weighted by Gasteiger charge is -2.42. The average molecular weight is 203 g/mol. The molecule has 1 aliphatic rings. The zero-order valence-electron chi connectivity index (χ0n) is 9.07. The van der Waals surface area contributed by atoms with Crippen molar-refractivity contribution in [3.63, 3.8) is 0 Å². The highest BCUT2D eigenvalue weighted by atomic mass is 16.5. The molecule has 1 heterocycles. The fourth-order valence-electron chi connectivity index (χ4n) is 1.98. The van der Waals surface area contributed by atoms with Gasteiger partial charge in [0.25, 0.3) is 0 Å². The van der Waals surface area contributed by atoms with E-state index in [9.17, 15) is 0 Å². The van der Waals surface area contributed by atoms with Crippen LogP contribution < -0.4 is 0 Å². The van der Waals surface area contributed by atoms with Crippen LogP contribution in [0.15, 0.2) is 0 Å². The molecule has 1 unspecified atom stereocenters. The van der Waals surface area contributed by atoms with E-state index in [4.69, 9.17) is 14.9 Å². The second-order valence-electron chi connectivity index (χ2n) is 4.49. The van der Waals surface area contributed by atoms with Gasteiger partial charge in [-0.15, -0.1) is 0 Å². The van der Waals surface area contributed by atoms with Crippen molar-refractivity contribution in [2.75, 3.05) is 32.8 Å². The zero-order chi connectivity index (χ0) is 10.6. The monoisotopic (exact) mass is 203 g/mol. The van der Waals surface area contributed by atoms with E-state index >= 15 is 0 Å². The van der Waals surface area contributed by atoms with Crippen molar-refractivity contribution in [3.8, 4) is 0 Å². The molecule has 4 nitrogen and oxygen atoms in total. The summed E-state index contributed by atoms with van der Waals surface area (Å²) in [6.45, 7) is 6.85. The summed E-state index contributed by atoms with van der Waals surface area (Å²) >= 11 is 0. The molecule has 0 amide bonds.